The second-order valence-corrected chi connectivity index (χ2v) is 16.1. The van der Waals surface area contributed by atoms with E-state index in [4.69, 9.17) is 0 Å². The van der Waals surface area contributed by atoms with Crippen LogP contribution in [0.1, 0.15) is 12.8 Å². The van der Waals surface area contributed by atoms with Crippen LogP contribution in [0.25, 0.3) is 0 Å². The Kier molecular flexibility index (Phi) is 10.1. The van der Waals surface area contributed by atoms with E-state index in [1.54, 1.807) is 5.30 Å². The Hall–Kier alpha value is 0.900. The normalized spacial score (nSPS) is 32.1. The molecule has 0 amide bonds. The summed E-state index contributed by atoms with van der Waals surface area (Å²) in [5.41, 5.74) is 0. The highest BCUT2D eigenvalue weighted by Crippen LogP contribution is 2.44. The molecule has 0 N–H and O–H groups in total. The van der Waals surface area contributed by atoms with Crippen molar-refractivity contribution in [3.05, 3.63) is 30.3 Å². The smallest absolute Gasteiger partial charge is 0.0240 e. The first-order valence-electron chi connectivity index (χ1n) is 8.74. The minimum Gasteiger partial charge on any atom is -0.829 e. The molecule has 1 fully saturated rings. The van der Waals surface area contributed by atoms with Crippen LogP contribution in [0, 0.1) is 0 Å². The first-order chi connectivity index (χ1) is 11.1. The number of benzene rings is 1. The maximum absolute atomic E-state index is 12.2. The molecule has 0 bridgehead atoms. The van der Waals surface area contributed by atoms with Crippen molar-refractivity contribution in [1.29, 1.82) is 0 Å². The second-order valence-electron chi connectivity index (χ2n) is 6.57. The lowest BCUT2D eigenvalue weighted by Gasteiger charge is -2.28. The maximum atomic E-state index is 12.2. The molecule has 23 heavy (non-hydrogen) atoms. The van der Waals surface area contributed by atoms with E-state index in [2.05, 4.69) is 43.7 Å². The number of rotatable bonds is 1. The summed E-state index contributed by atoms with van der Waals surface area (Å²) in [6.07, 6.45) is 12.8. The molecule has 1 saturated heterocycles. The topological polar surface area (TPSA) is 23.1 Å². The fraction of sp³-hybridized carbons (Fsp3) is 0.667. The predicted molar refractivity (Wildman–Crippen MR) is 114 cm³/mol. The molecule has 0 aliphatic carbocycles. The molecule has 2 atom stereocenters. The first kappa shape index (κ1) is 20.2. The zero-order valence-corrected chi connectivity index (χ0v) is 18.2. The summed E-state index contributed by atoms with van der Waals surface area (Å²) in [6, 6.07) is 11.3. The van der Waals surface area contributed by atoms with Crippen LogP contribution < -0.4 is 10.2 Å². The van der Waals surface area contributed by atoms with Crippen molar-refractivity contribution in [2.75, 3.05) is 62.6 Å². The van der Waals surface area contributed by atoms with E-state index in [9.17, 15) is 4.89 Å². The van der Waals surface area contributed by atoms with Gasteiger partial charge in [-0.25, -0.2) is 8.15 Å². The van der Waals surface area contributed by atoms with E-state index in [1.165, 1.54) is 49.8 Å². The highest BCUT2D eigenvalue weighted by atomic mass is 31.1. The van der Waals surface area contributed by atoms with Crippen molar-refractivity contribution < 1.29 is 4.89 Å². The van der Waals surface area contributed by atoms with Crippen LogP contribution in [0.3, 0.4) is 0 Å². The molecule has 0 radical (unpaired) electrons. The van der Waals surface area contributed by atoms with E-state index in [-0.39, 0.29) is 23.8 Å². The summed E-state index contributed by atoms with van der Waals surface area (Å²) in [5, 5.41) is 1.61. The van der Waals surface area contributed by atoms with Crippen molar-refractivity contribution in [3.8, 4) is 0 Å². The van der Waals surface area contributed by atoms with E-state index >= 15 is 0 Å². The third kappa shape index (κ3) is 8.21. The molecule has 2 unspecified atom stereocenters. The standard InChI is InChI=1S/C18H31OP4/c1-20-10-6-12-22(18-8-4-3-5-9-18)13-7-11-21(2)15-17-23(19)16-14-20/h3-5,8-9H,6-7,10-17H2,1-2H3/q-1. The van der Waals surface area contributed by atoms with Crippen LogP contribution >= 0.6 is 31.9 Å². The van der Waals surface area contributed by atoms with Crippen molar-refractivity contribution >= 4 is 37.2 Å². The van der Waals surface area contributed by atoms with Gasteiger partial charge in [0, 0.05) is 0 Å². The predicted octanol–water partition coefficient (Wildman–Crippen LogP) is 4.57. The summed E-state index contributed by atoms with van der Waals surface area (Å²) in [5.74, 6) is 0. The van der Waals surface area contributed by atoms with Crippen LogP contribution in [0.15, 0.2) is 30.3 Å². The van der Waals surface area contributed by atoms with Gasteiger partial charge in [-0.3, -0.25) is 0 Å². The van der Waals surface area contributed by atoms with Gasteiger partial charge in [-0.15, -0.1) is 15.8 Å². The quantitative estimate of drug-likeness (QED) is 0.648. The van der Waals surface area contributed by atoms with Crippen LogP contribution in [0.4, 0.5) is 0 Å². The van der Waals surface area contributed by atoms with Gasteiger partial charge in [-0.1, -0.05) is 38.3 Å². The Morgan fingerprint density at radius 3 is 1.74 bits per heavy atom. The van der Waals surface area contributed by atoms with Gasteiger partial charge in [0.15, 0.2) is 0 Å². The van der Waals surface area contributed by atoms with E-state index in [1.807, 2.05) is 0 Å². The number of hydrogen-bond acceptors (Lipinski definition) is 1. The minimum atomic E-state index is -0.912. The molecule has 1 nitrogen and oxygen atoms in total. The Bertz CT molecular complexity index is 408. The van der Waals surface area contributed by atoms with Crippen LogP contribution in [0.2, 0.25) is 0 Å². The molecule has 2 rings (SSSR count). The molecule has 0 aromatic heterocycles. The van der Waals surface area contributed by atoms with Gasteiger partial charge in [0.2, 0.25) is 0 Å². The fourth-order valence-corrected chi connectivity index (χ4v) is 12.5. The Morgan fingerprint density at radius 1 is 0.696 bits per heavy atom. The first-order valence-corrected chi connectivity index (χ1v) is 16.4. The third-order valence-corrected chi connectivity index (χ3v) is 13.5. The zero-order chi connectivity index (χ0) is 16.5. The molecule has 1 aliphatic rings. The van der Waals surface area contributed by atoms with Crippen LogP contribution in [-0.4, -0.2) is 62.6 Å². The van der Waals surface area contributed by atoms with Crippen molar-refractivity contribution in [1.82, 2.24) is 0 Å². The molecule has 1 aromatic carbocycles. The monoisotopic (exact) mass is 387 g/mol. The molecular formula is C18H31OP4-. The highest BCUT2D eigenvalue weighted by Gasteiger charge is 2.13. The lowest BCUT2D eigenvalue weighted by atomic mass is 10.4. The Labute approximate surface area is 148 Å². The van der Waals surface area contributed by atoms with E-state index in [0.717, 1.165) is 12.3 Å². The van der Waals surface area contributed by atoms with Gasteiger partial charge in [0.1, 0.15) is 0 Å². The lowest BCUT2D eigenvalue weighted by molar-refractivity contribution is -0.159. The summed E-state index contributed by atoms with van der Waals surface area (Å²) in [4.78, 5) is 12.2. The van der Waals surface area contributed by atoms with Crippen molar-refractivity contribution in [3.63, 3.8) is 0 Å². The maximum Gasteiger partial charge on any atom is -0.0240 e. The van der Waals surface area contributed by atoms with Gasteiger partial charge < -0.3 is 4.89 Å². The summed E-state index contributed by atoms with van der Waals surface area (Å²) >= 11 is 0. The average molecular weight is 387 g/mol. The van der Waals surface area contributed by atoms with Gasteiger partial charge in [-0.2, -0.15) is 0 Å². The van der Waals surface area contributed by atoms with Crippen molar-refractivity contribution in [2.45, 2.75) is 12.8 Å². The van der Waals surface area contributed by atoms with Crippen LogP contribution in [0.5, 0.6) is 0 Å². The largest absolute Gasteiger partial charge is 0.829 e. The highest BCUT2D eigenvalue weighted by molar-refractivity contribution is 7.65. The van der Waals surface area contributed by atoms with Gasteiger partial charge in [0.05, 0.1) is 0 Å². The van der Waals surface area contributed by atoms with Gasteiger partial charge in [0.25, 0.3) is 0 Å². The number of hydrogen-bond donors (Lipinski definition) is 0. The van der Waals surface area contributed by atoms with Crippen molar-refractivity contribution in [2.24, 2.45) is 0 Å². The second kappa shape index (κ2) is 11.5. The Morgan fingerprint density at radius 2 is 1.22 bits per heavy atom. The van der Waals surface area contributed by atoms with Gasteiger partial charge >= 0.3 is 0 Å². The fourth-order valence-electron chi connectivity index (χ4n) is 2.97. The molecule has 130 valence electrons. The molecule has 1 aliphatic heterocycles. The molecule has 0 spiro atoms. The van der Waals surface area contributed by atoms with E-state index in [0.29, 0.717) is 0 Å². The molecular weight excluding hydrogens is 356 g/mol. The molecule has 5 heteroatoms. The summed E-state index contributed by atoms with van der Waals surface area (Å²) in [6.45, 7) is 4.84. The summed E-state index contributed by atoms with van der Waals surface area (Å²) in [7, 11) is -0.659. The molecule has 1 heterocycles. The third-order valence-electron chi connectivity index (χ3n) is 4.52. The Balaban J connectivity index is 1.95. The zero-order valence-electron chi connectivity index (χ0n) is 14.7. The van der Waals surface area contributed by atoms with Gasteiger partial charge in [-0.05, 0) is 80.8 Å². The molecule has 1 aromatic rings. The minimum absolute atomic E-state index is 0.0409. The van der Waals surface area contributed by atoms with Crippen LogP contribution in [-0.2, 0) is 0 Å². The van der Waals surface area contributed by atoms with E-state index < -0.39 is 8.15 Å². The average Bonchev–Trinajstić information content (AvgIpc) is 2.57. The SMILES string of the molecule is CP1CCCP(c2ccccc2)CCCP(C)CCP([O-])CC1. The lowest BCUT2D eigenvalue weighted by Crippen LogP contribution is -2.11. The summed E-state index contributed by atoms with van der Waals surface area (Å²) < 4.78 is 0. The molecule has 0 saturated carbocycles.